The molecular formula is C9H10BrFOS. The molecule has 0 aliphatic carbocycles. The van der Waals surface area contributed by atoms with Gasteiger partial charge in [0.2, 0.25) is 0 Å². The summed E-state index contributed by atoms with van der Waals surface area (Å²) in [5, 5.41) is 9.33. The summed E-state index contributed by atoms with van der Waals surface area (Å²) in [4.78, 5) is 0. The number of hydrogen-bond donors (Lipinski definition) is 2. The van der Waals surface area contributed by atoms with Crippen LogP contribution in [-0.4, -0.2) is 10.9 Å². The van der Waals surface area contributed by atoms with Gasteiger partial charge in [-0.2, -0.15) is 12.6 Å². The Kier molecular flexibility index (Phi) is 4.06. The first kappa shape index (κ1) is 10.9. The Bertz CT molecular complexity index is 304. The highest BCUT2D eigenvalue weighted by Crippen LogP contribution is 2.26. The molecule has 0 heterocycles. The molecule has 0 saturated carbocycles. The van der Waals surface area contributed by atoms with Crippen molar-refractivity contribution < 1.29 is 9.50 Å². The average molecular weight is 265 g/mol. The number of phenols is 1. The Morgan fingerprint density at radius 3 is 2.77 bits per heavy atom. The summed E-state index contributed by atoms with van der Waals surface area (Å²) in [7, 11) is 0. The summed E-state index contributed by atoms with van der Waals surface area (Å²) in [5.74, 6) is -0.0957. The maximum absolute atomic E-state index is 13.0. The largest absolute Gasteiger partial charge is 0.505 e. The van der Waals surface area contributed by atoms with Gasteiger partial charge in [-0.3, -0.25) is 0 Å². The summed E-state index contributed by atoms with van der Waals surface area (Å²) in [6.07, 6.45) is 1.47. The number of rotatable bonds is 3. The number of aryl methyl sites for hydroxylation is 1. The Hall–Kier alpha value is -0.220. The van der Waals surface area contributed by atoms with Crippen molar-refractivity contribution in [1.82, 2.24) is 0 Å². The van der Waals surface area contributed by atoms with Gasteiger partial charge in [0.1, 0.15) is 0 Å². The van der Waals surface area contributed by atoms with E-state index in [0.29, 0.717) is 16.5 Å². The first-order valence-corrected chi connectivity index (χ1v) is 5.35. The van der Waals surface area contributed by atoms with Crippen LogP contribution in [-0.2, 0) is 6.42 Å². The first-order chi connectivity index (χ1) is 6.15. The Balaban J connectivity index is 2.92. The predicted octanol–water partition coefficient (Wildman–Crippen LogP) is 3.16. The summed E-state index contributed by atoms with van der Waals surface area (Å²) in [6.45, 7) is 0. The molecule has 1 aromatic rings. The Morgan fingerprint density at radius 2 is 2.15 bits per heavy atom. The van der Waals surface area contributed by atoms with Crippen molar-refractivity contribution in [3.63, 3.8) is 0 Å². The van der Waals surface area contributed by atoms with Crippen LogP contribution in [0.15, 0.2) is 16.6 Å². The van der Waals surface area contributed by atoms with E-state index in [4.69, 9.17) is 0 Å². The first-order valence-electron chi connectivity index (χ1n) is 3.93. The number of aromatic hydroxyl groups is 1. The molecule has 13 heavy (non-hydrogen) atoms. The van der Waals surface area contributed by atoms with E-state index in [1.807, 2.05) is 0 Å². The van der Waals surface area contributed by atoms with Gasteiger partial charge in [0.05, 0.1) is 0 Å². The van der Waals surface area contributed by atoms with E-state index in [9.17, 15) is 9.50 Å². The van der Waals surface area contributed by atoms with Crippen molar-refractivity contribution in [2.24, 2.45) is 0 Å². The maximum atomic E-state index is 13.0. The fraction of sp³-hybridized carbons (Fsp3) is 0.333. The van der Waals surface area contributed by atoms with Gasteiger partial charge in [-0.1, -0.05) is 15.9 Å². The van der Waals surface area contributed by atoms with Crippen LogP contribution in [0.2, 0.25) is 0 Å². The fourth-order valence-electron chi connectivity index (χ4n) is 1.08. The molecule has 1 nitrogen and oxygen atoms in total. The van der Waals surface area contributed by atoms with Crippen molar-refractivity contribution in [2.45, 2.75) is 12.8 Å². The average Bonchev–Trinajstić information content (AvgIpc) is 2.09. The third kappa shape index (κ3) is 2.88. The Morgan fingerprint density at radius 1 is 1.46 bits per heavy atom. The zero-order valence-electron chi connectivity index (χ0n) is 6.93. The molecular weight excluding hydrogens is 255 g/mol. The van der Waals surface area contributed by atoms with Crippen LogP contribution in [0.5, 0.6) is 5.75 Å². The SMILES string of the molecule is Oc1c(F)cc(Br)cc1CCCS. The van der Waals surface area contributed by atoms with Crippen molar-refractivity contribution in [1.29, 1.82) is 0 Å². The maximum Gasteiger partial charge on any atom is 0.166 e. The predicted molar refractivity (Wildman–Crippen MR) is 57.9 cm³/mol. The lowest BCUT2D eigenvalue weighted by molar-refractivity contribution is 0.425. The topological polar surface area (TPSA) is 20.2 Å². The molecule has 1 N–H and O–H groups in total. The van der Waals surface area contributed by atoms with Gasteiger partial charge in [0.15, 0.2) is 11.6 Å². The van der Waals surface area contributed by atoms with Crippen LogP contribution in [0.1, 0.15) is 12.0 Å². The number of halogens is 2. The molecule has 0 saturated heterocycles. The van der Waals surface area contributed by atoms with Crippen LogP contribution in [0.3, 0.4) is 0 Å². The van der Waals surface area contributed by atoms with Crippen molar-refractivity contribution >= 4 is 28.6 Å². The highest BCUT2D eigenvalue weighted by molar-refractivity contribution is 9.10. The molecule has 0 radical (unpaired) electrons. The summed E-state index contributed by atoms with van der Waals surface area (Å²) < 4.78 is 13.6. The van der Waals surface area contributed by atoms with Gasteiger partial charge in [0.25, 0.3) is 0 Å². The lowest BCUT2D eigenvalue weighted by atomic mass is 10.1. The number of hydrogen-bond acceptors (Lipinski definition) is 2. The molecule has 0 spiro atoms. The van der Waals surface area contributed by atoms with E-state index in [2.05, 4.69) is 28.6 Å². The Labute approximate surface area is 90.5 Å². The van der Waals surface area contributed by atoms with Gasteiger partial charge >= 0.3 is 0 Å². The van der Waals surface area contributed by atoms with Crippen LogP contribution >= 0.6 is 28.6 Å². The second-order valence-corrected chi connectivity index (χ2v) is 4.09. The van der Waals surface area contributed by atoms with Gasteiger partial charge < -0.3 is 5.11 Å². The summed E-state index contributed by atoms with van der Waals surface area (Å²) in [6, 6.07) is 2.97. The van der Waals surface area contributed by atoms with Crippen molar-refractivity contribution in [2.75, 3.05) is 5.75 Å². The zero-order chi connectivity index (χ0) is 9.84. The highest BCUT2D eigenvalue weighted by Gasteiger charge is 2.07. The number of phenolic OH excluding ortho intramolecular Hbond substituents is 1. The molecule has 0 aliphatic rings. The standard InChI is InChI=1S/C9H10BrFOS/c10-7-4-6(2-1-3-13)9(12)8(11)5-7/h4-5,12-13H,1-3H2. The summed E-state index contributed by atoms with van der Waals surface area (Å²) in [5.41, 5.74) is 0.626. The second-order valence-electron chi connectivity index (χ2n) is 2.72. The highest BCUT2D eigenvalue weighted by atomic mass is 79.9. The quantitative estimate of drug-likeness (QED) is 0.804. The number of benzene rings is 1. The van der Waals surface area contributed by atoms with Gasteiger partial charge in [-0.15, -0.1) is 0 Å². The van der Waals surface area contributed by atoms with E-state index in [1.165, 1.54) is 6.07 Å². The van der Waals surface area contributed by atoms with Gasteiger partial charge in [-0.05, 0) is 36.3 Å². The monoisotopic (exact) mass is 264 g/mol. The van der Waals surface area contributed by atoms with E-state index in [-0.39, 0.29) is 5.75 Å². The van der Waals surface area contributed by atoms with Gasteiger partial charge in [0, 0.05) is 4.47 Å². The second kappa shape index (κ2) is 4.86. The molecule has 72 valence electrons. The minimum Gasteiger partial charge on any atom is -0.505 e. The van der Waals surface area contributed by atoms with E-state index in [1.54, 1.807) is 6.07 Å². The molecule has 1 aromatic carbocycles. The lowest BCUT2D eigenvalue weighted by Crippen LogP contribution is -1.90. The van der Waals surface area contributed by atoms with E-state index >= 15 is 0 Å². The third-order valence-corrected chi connectivity index (χ3v) is 2.49. The zero-order valence-corrected chi connectivity index (χ0v) is 9.41. The molecule has 0 aliphatic heterocycles. The molecule has 0 amide bonds. The summed E-state index contributed by atoms with van der Waals surface area (Å²) >= 11 is 7.22. The molecule has 0 aromatic heterocycles. The molecule has 0 bridgehead atoms. The minimum absolute atomic E-state index is 0.245. The normalized spacial score (nSPS) is 10.4. The molecule has 1 rings (SSSR count). The molecule has 0 atom stereocenters. The lowest BCUT2D eigenvalue weighted by Gasteiger charge is -2.05. The molecule has 4 heteroatoms. The molecule has 0 fully saturated rings. The van der Waals surface area contributed by atoms with Crippen LogP contribution in [0, 0.1) is 5.82 Å². The fourth-order valence-corrected chi connectivity index (χ4v) is 1.71. The van der Waals surface area contributed by atoms with Crippen LogP contribution in [0.4, 0.5) is 4.39 Å². The van der Waals surface area contributed by atoms with Gasteiger partial charge in [-0.25, -0.2) is 4.39 Å². The molecule has 0 unspecified atom stereocenters. The number of thiol groups is 1. The smallest absolute Gasteiger partial charge is 0.166 e. The van der Waals surface area contributed by atoms with Crippen molar-refractivity contribution in [3.8, 4) is 5.75 Å². The minimum atomic E-state index is -0.580. The van der Waals surface area contributed by atoms with E-state index in [0.717, 1.165) is 12.2 Å². The third-order valence-electron chi connectivity index (χ3n) is 1.71. The van der Waals surface area contributed by atoms with Crippen molar-refractivity contribution in [3.05, 3.63) is 28.0 Å². The van der Waals surface area contributed by atoms with Crippen LogP contribution in [0.25, 0.3) is 0 Å². The van der Waals surface area contributed by atoms with Crippen LogP contribution < -0.4 is 0 Å². The van der Waals surface area contributed by atoms with E-state index < -0.39 is 5.82 Å².